The Hall–Kier alpha value is -2.76. The lowest BCUT2D eigenvalue weighted by atomic mass is 10.1. The second-order valence-corrected chi connectivity index (χ2v) is 7.31. The quantitative estimate of drug-likeness (QED) is 0.629. The van der Waals surface area contributed by atoms with Crippen molar-refractivity contribution in [1.82, 2.24) is 9.88 Å². The van der Waals surface area contributed by atoms with Crippen LogP contribution in [0.3, 0.4) is 0 Å². The van der Waals surface area contributed by atoms with Crippen LogP contribution >= 0.6 is 11.3 Å². The molecule has 1 aliphatic rings. The van der Waals surface area contributed by atoms with Crippen LogP contribution in [-0.4, -0.2) is 42.0 Å². The average Bonchev–Trinajstić information content (AvgIpc) is 3.23. The molecule has 2 heterocycles. The van der Waals surface area contributed by atoms with Gasteiger partial charge in [0.25, 0.3) is 0 Å². The molecule has 5 heteroatoms. The Morgan fingerprint density at radius 1 is 0.963 bits per heavy atom. The molecular formula is C22H20N2O2S. The van der Waals surface area contributed by atoms with Crippen LogP contribution in [0.4, 0.5) is 0 Å². The van der Waals surface area contributed by atoms with Crippen LogP contribution in [-0.2, 0) is 4.74 Å². The van der Waals surface area contributed by atoms with Gasteiger partial charge in [-0.3, -0.25) is 4.79 Å². The summed E-state index contributed by atoms with van der Waals surface area (Å²) in [5.41, 5.74) is 2.82. The number of benzene rings is 2. The minimum atomic E-state index is 0.0122. The zero-order chi connectivity index (χ0) is 18.5. The van der Waals surface area contributed by atoms with Crippen molar-refractivity contribution >= 4 is 22.7 Å². The first-order valence-corrected chi connectivity index (χ1v) is 9.78. The van der Waals surface area contributed by atoms with E-state index in [-0.39, 0.29) is 5.78 Å². The summed E-state index contributed by atoms with van der Waals surface area (Å²) in [5.74, 6) is 0.0122. The number of ether oxygens (including phenoxy) is 1. The molecule has 1 aromatic heterocycles. The summed E-state index contributed by atoms with van der Waals surface area (Å²) < 4.78 is 5.45. The highest BCUT2D eigenvalue weighted by atomic mass is 32.1. The molecule has 0 atom stereocenters. The summed E-state index contributed by atoms with van der Waals surface area (Å²) in [7, 11) is 0. The lowest BCUT2D eigenvalue weighted by molar-refractivity contribution is 0.0596. The van der Waals surface area contributed by atoms with E-state index in [2.05, 4.69) is 28.2 Å². The number of morpholine rings is 1. The lowest BCUT2D eigenvalue weighted by Crippen LogP contribution is -2.32. The van der Waals surface area contributed by atoms with Crippen LogP contribution in [0.1, 0.15) is 25.8 Å². The number of thiazole rings is 1. The van der Waals surface area contributed by atoms with Crippen molar-refractivity contribution in [2.24, 2.45) is 0 Å². The van der Waals surface area contributed by atoms with Crippen molar-refractivity contribution in [2.75, 3.05) is 26.3 Å². The van der Waals surface area contributed by atoms with Gasteiger partial charge in [-0.15, -0.1) is 11.3 Å². The van der Waals surface area contributed by atoms with Crippen LogP contribution < -0.4 is 0 Å². The van der Waals surface area contributed by atoms with Gasteiger partial charge >= 0.3 is 0 Å². The summed E-state index contributed by atoms with van der Waals surface area (Å²) in [6, 6.07) is 19.5. The lowest BCUT2D eigenvalue weighted by Gasteiger charge is -2.26. The predicted molar refractivity (Wildman–Crippen MR) is 108 cm³/mol. The number of carbonyl (C=O) groups is 1. The Labute approximate surface area is 162 Å². The third-order valence-corrected chi connectivity index (χ3v) is 5.47. The van der Waals surface area contributed by atoms with Gasteiger partial charge in [-0.25, -0.2) is 4.98 Å². The fraction of sp³-hybridized carbons (Fsp3) is 0.182. The van der Waals surface area contributed by atoms with Crippen LogP contribution in [0.5, 0.6) is 0 Å². The zero-order valence-electron chi connectivity index (χ0n) is 14.9. The molecule has 0 radical (unpaired) electrons. The third-order valence-electron chi connectivity index (χ3n) is 4.44. The normalized spacial score (nSPS) is 15.0. The molecule has 0 bridgehead atoms. The molecule has 0 spiro atoms. The highest BCUT2D eigenvalue weighted by molar-refractivity contribution is 7.15. The van der Waals surface area contributed by atoms with Gasteiger partial charge in [0.1, 0.15) is 5.01 Å². The maximum absolute atomic E-state index is 12.7. The van der Waals surface area contributed by atoms with Crippen molar-refractivity contribution in [1.29, 1.82) is 0 Å². The Kier molecular flexibility index (Phi) is 5.42. The number of aromatic nitrogens is 1. The number of rotatable bonds is 5. The van der Waals surface area contributed by atoms with E-state index in [0.717, 1.165) is 42.4 Å². The molecule has 0 saturated carbocycles. The van der Waals surface area contributed by atoms with E-state index in [1.165, 1.54) is 11.3 Å². The van der Waals surface area contributed by atoms with Gasteiger partial charge in [-0.05, 0) is 5.56 Å². The van der Waals surface area contributed by atoms with Gasteiger partial charge in [-0.2, -0.15) is 0 Å². The van der Waals surface area contributed by atoms with E-state index in [9.17, 15) is 4.79 Å². The number of nitrogens with zero attached hydrogens (tertiary/aromatic N) is 2. The molecule has 136 valence electrons. The van der Waals surface area contributed by atoms with Crippen molar-refractivity contribution in [3.05, 3.63) is 94.1 Å². The van der Waals surface area contributed by atoms with Crippen LogP contribution in [0.25, 0.3) is 5.57 Å². The van der Waals surface area contributed by atoms with Crippen molar-refractivity contribution in [3.63, 3.8) is 0 Å². The zero-order valence-corrected chi connectivity index (χ0v) is 15.7. The minimum absolute atomic E-state index is 0.0122. The third kappa shape index (κ3) is 4.15. The molecular weight excluding hydrogens is 356 g/mol. The molecule has 0 unspecified atom stereocenters. The molecule has 1 saturated heterocycles. The summed E-state index contributed by atoms with van der Waals surface area (Å²) >= 11 is 1.44. The molecule has 4 nitrogen and oxygen atoms in total. The standard InChI is InChI=1S/C22H20N2O2S/c25-21(18-9-5-2-6-10-18)20-15-23-22(27-20)19(17-7-3-1-4-8-17)16-24-11-13-26-14-12-24/h1-10,15-16H,11-14H2/b19-16+. The smallest absolute Gasteiger partial charge is 0.204 e. The molecule has 27 heavy (non-hydrogen) atoms. The van der Waals surface area contributed by atoms with E-state index >= 15 is 0 Å². The van der Waals surface area contributed by atoms with Crippen molar-refractivity contribution < 1.29 is 9.53 Å². The highest BCUT2D eigenvalue weighted by Gasteiger charge is 2.17. The minimum Gasteiger partial charge on any atom is -0.378 e. The first-order valence-electron chi connectivity index (χ1n) is 8.96. The first-order chi connectivity index (χ1) is 13.3. The van der Waals surface area contributed by atoms with Gasteiger partial charge in [-0.1, -0.05) is 60.7 Å². The van der Waals surface area contributed by atoms with E-state index < -0.39 is 0 Å². The topological polar surface area (TPSA) is 42.4 Å². The summed E-state index contributed by atoms with van der Waals surface area (Å²) in [6.45, 7) is 3.18. The van der Waals surface area contributed by atoms with E-state index in [1.54, 1.807) is 6.20 Å². The maximum atomic E-state index is 12.7. The Bertz CT molecular complexity index is 929. The van der Waals surface area contributed by atoms with Crippen molar-refractivity contribution in [3.8, 4) is 0 Å². The summed E-state index contributed by atoms with van der Waals surface area (Å²) in [4.78, 5) is 20.2. The van der Waals surface area contributed by atoms with Gasteiger partial charge < -0.3 is 9.64 Å². The SMILES string of the molecule is O=C(c1ccccc1)c1cnc(/C(=C/N2CCOCC2)c2ccccc2)s1. The fourth-order valence-corrected chi connectivity index (χ4v) is 3.91. The highest BCUT2D eigenvalue weighted by Crippen LogP contribution is 2.29. The summed E-state index contributed by atoms with van der Waals surface area (Å²) in [5, 5.41) is 0.854. The van der Waals surface area contributed by atoms with E-state index in [4.69, 9.17) is 4.74 Å². The summed E-state index contributed by atoms with van der Waals surface area (Å²) in [6.07, 6.45) is 3.83. The fourth-order valence-electron chi connectivity index (χ4n) is 3.00. The monoisotopic (exact) mass is 376 g/mol. The first kappa shape index (κ1) is 17.6. The van der Waals surface area contributed by atoms with Crippen LogP contribution in [0.2, 0.25) is 0 Å². The number of carbonyl (C=O) groups excluding carboxylic acids is 1. The molecule has 0 aliphatic carbocycles. The van der Waals surface area contributed by atoms with Gasteiger partial charge in [0.05, 0.1) is 18.1 Å². The second-order valence-electron chi connectivity index (χ2n) is 6.28. The Balaban J connectivity index is 1.68. The number of hydrogen-bond donors (Lipinski definition) is 0. The van der Waals surface area contributed by atoms with Gasteiger partial charge in [0.15, 0.2) is 0 Å². The average molecular weight is 376 g/mol. The maximum Gasteiger partial charge on any atom is 0.204 e. The molecule has 4 rings (SSSR count). The van der Waals surface area contributed by atoms with E-state index in [0.29, 0.717) is 10.4 Å². The van der Waals surface area contributed by atoms with Crippen molar-refractivity contribution in [2.45, 2.75) is 0 Å². The molecule has 2 aromatic carbocycles. The molecule has 0 amide bonds. The molecule has 3 aromatic rings. The molecule has 1 aliphatic heterocycles. The van der Waals surface area contributed by atoms with Crippen LogP contribution in [0.15, 0.2) is 73.1 Å². The van der Waals surface area contributed by atoms with Gasteiger partial charge in [0, 0.05) is 36.6 Å². The molecule has 1 fully saturated rings. The van der Waals surface area contributed by atoms with Crippen LogP contribution in [0, 0.1) is 0 Å². The largest absolute Gasteiger partial charge is 0.378 e. The second kappa shape index (κ2) is 8.29. The number of ketones is 1. The Morgan fingerprint density at radius 3 is 2.26 bits per heavy atom. The van der Waals surface area contributed by atoms with E-state index in [1.807, 2.05) is 48.5 Å². The predicted octanol–water partition coefficient (Wildman–Crippen LogP) is 4.10. The molecule has 0 N–H and O–H groups in total. The Morgan fingerprint density at radius 2 is 1.59 bits per heavy atom. The number of hydrogen-bond acceptors (Lipinski definition) is 5. The van der Waals surface area contributed by atoms with Gasteiger partial charge in [0.2, 0.25) is 5.78 Å².